The third-order valence-corrected chi connectivity index (χ3v) is 2.36. The fourth-order valence-electron chi connectivity index (χ4n) is 1.22. The summed E-state index contributed by atoms with van der Waals surface area (Å²) in [5.74, 6) is 0.479. The number of likely N-dealkylation sites (N-methyl/N-ethyl adjacent to an activating group) is 1. The first kappa shape index (κ1) is 12.8. The largest absolute Gasteiger partial charge is 0.491 e. The first-order valence-corrected chi connectivity index (χ1v) is 5.30. The lowest BCUT2D eigenvalue weighted by Gasteiger charge is -2.14. The Morgan fingerprint density at radius 1 is 1.50 bits per heavy atom. The van der Waals surface area contributed by atoms with Gasteiger partial charge in [-0.1, -0.05) is 17.7 Å². The van der Waals surface area contributed by atoms with Crippen LogP contribution in [-0.4, -0.2) is 38.0 Å². The van der Waals surface area contributed by atoms with Gasteiger partial charge < -0.3 is 15.4 Å². The minimum Gasteiger partial charge on any atom is -0.491 e. The summed E-state index contributed by atoms with van der Waals surface area (Å²) in [6, 6.07) is 5.23. The van der Waals surface area contributed by atoms with E-state index >= 15 is 0 Å². The van der Waals surface area contributed by atoms with Crippen LogP contribution in [-0.2, 0) is 0 Å². The summed E-state index contributed by atoms with van der Waals surface area (Å²) in [6.45, 7) is 1.33. The Hall–Kier alpha value is -1.26. The maximum absolute atomic E-state index is 7.44. The molecule has 0 aliphatic heterocycles. The van der Waals surface area contributed by atoms with Crippen molar-refractivity contribution in [2.75, 3.05) is 27.2 Å². The number of nitrogens with zero attached hydrogens (tertiary/aromatic N) is 1. The van der Waals surface area contributed by atoms with Crippen LogP contribution in [0.5, 0.6) is 5.75 Å². The van der Waals surface area contributed by atoms with Crippen molar-refractivity contribution in [3.8, 4) is 5.75 Å². The first-order valence-electron chi connectivity index (χ1n) is 4.93. The normalized spacial score (nSPS) is 10.5. The Morgan fingerprint density at radius 3 is 2.75 bits per heavy atom. The lowest BCUT2D eigenvalue weighted by molar-refractivity contribution is 0.261. The van der Waals surface area contributed by atoms with Crippen molar-refractivity contribution in [2.45, 2.75) is 0 Å². The van der Waals surface area contributed by atoms with Gasteiger partial charge in [-0.2, -0.15) is 0 Å². The lowest BCUT2D eigenvalue weighted by atomic mass is 10.2. The summed E-state index contributed by atoms with van der Waals surface area (Å²) >= 11 is 5.95. The van der Waals surface area contributed by atoms with Gasteiger partial charge in [-0.05, 0) is 26.2 Å². The van der Waals surface area contributed by atoms with E-state index in [4.69, 9.17) is 27.5 Å². The van der Waals surface area contributed by atoms with Crippen LogP contribution in [0.25, 0.3) is 0 Å². The molecular formula is C11H16ClN3O. The molecule has 0 amide bonds. The zero-order valence-corrected chi connectivity index (χ0v) is 10.2. The molecule has 0 aromatic heterocycles. The number of hydrogen-bond acceptors (Lipinski definition) is 3. The highest BCUT2D eigenvalue weighted by atomic mass is 35.5. The van der Waals surface area contributed by atoms with Crippen LogP contribution in [0.15, 0.2) is 18.2 Å². The van der Waals surface area contributed by atoms with Crippen molar-refractivity contribution < 1.29 is 4.74 Å². The van der Waals surface area contributed by atoms with Gasteiger partial charge in [0.15, 0.2) is 0 Å². The second kappa shape index (κ2) is 5.72. The highest BCUT2D eigenvalue weighted by Crippen LogP contribution is 2.25. The fourth-order valence-corrected chi connectivity index (χ4v) is 1.49. The zero-order valence-electron chi connectivity index (χ0n) is 9.46. The second-order valence-electron chi connectivity index (χ2n) is 3.68. The predicted octanol–water partition coefficient (Wildman–Crippen LogP) is 1.56. The molecule has 1 rings (SSSR count). The van der Waals surface area contributed by atoms with E-state index in [1.54, 1.807) is 18.2 Å². The van der Waals surface area contributed by atoms with Crippen LogP contribution in [0.2, 0.25) is 5.02 Å². The van der Waals surface area contributed by atoms with Gasteiger partial charge in [0.25, 0.3) is 0 Å². The molecule has 0 heterocycles. The van der Waals surface area contributed by atoms with Gasteiger partial charge in [0.2, 0.25) is 0 Å². The highest BCUT2D eigenvalue weighted by Gasteiger charge is 2.10. The summed E-state index contributed by atoms with van der Waals surface area (Å²) in [7, 11) is 3.93. The van der Waals surface area contributed by atoms with Crippen LogP contribution in [0, 0.1) is 5.41 Å². The van der Waals surface area contributed by atoms with Crippen molar-refractivity contribution in [2.24, 2.45) is 5.73 Å². The number of benzene rings is 1. The molecular weight excluding hydrogens is 226 g/mol. The van der Waals surface area contributed by atoms with Crippen LogP contribution >= 0.6 is 11.6 Å². The molecule has 1 aromatic rings. The van der Waals surface area contributed by atoms with E-state index in [1.807, 2.05) is 19.0 Å². The minimum absolute atomic E-state index is 0.0783. The molecule has 88 valence electrons. The summed E-state index contributed by atoms with van der Waals surface area (Å²) in [5, 5.41) is 7.88. The van der Waals surface area contributed by atoms with Crippen LogP contribution < -0.4 is 10.5 Å². The average Bonchev–Trinajstić information content (AvgIpc) is 2.16. The number of nitrogens with one attached hydrogen (secondary N) is 1. The van der Waals surface area contributed by atoms with Gasteiger partial charge in [-0.3, -0.25) is 5.41 Å². The van der Waals surface area contributed by atoms with Crippen molar-refractivity contribution in [1.82, 2.24) is 4.90 Å². The zero-order chi connectivity index (χ0) is 12.1. The average molecular weight is 242 g/mol. The van der Waals surface area contributed by atoms with E-state index in [9.17, 15) is 0 Å². The number of hydrogen-bond donors (Lipinski definition) is 2. The van der Waals surface area contributed by atoms with Gasteiger partial charge in [-0.25, -0.2) is 0 Å². The minimum atomic E-state index is -0.0783. The van der Waals surface area contributed by atoms with Crippen molar-refractivity contribution >= 4 is 17.4 Å². The lowest BCUT2D eigenvalue weighted by Crippen LogP contribution is -2.21. The predicted molar refractivity (Wildman–Crippen MR) is 66.5 cm³/mol. The Balaban J connectivity index is 2.79. The van der Waals surface area contributed by atoms with Crippen molar-refractivity contribution in [1.29, 1.82) is 5.41 Å². The monoisotopic (exact) mass is 241 g/mol. The standard InChI is InChI=1S/C11H16ClN3O/c1-15(2)6-7-16-9-5-3-4-8(12)10(9)11(13)14/h3-5H,6-7H2,1-2H3,(H3,13,14). The van der Waals surface area contributed by atoms with Gasteiger partial charge in [0.05, 0.1) is 10.6 Å². The van der Waals surface area contributed by atoms with Crippen molar-refractivity contribution in [3.05, 3.63) is 28.8 Å². The molecule has 0 radical (unpaired) electrons. The van der Waals surface area contributed by atoms with Gasteiger partial charge in [0.1, 0.15) is 18.2 Å². The van der Waals surface area contributed by atoms with E-state index < -0.39 is 0 Å². The number of halogens is 1. The van der Waals surface area contributed by atoms with E-state index in [0.717, 1.165) is 6.54 Å². The van der Waals surface area contributed by atoms with E-state index in [-0.39, 0.29) is 5.84 Å². The summed E-state index contributed by atoms with van der Waals surface area (Å²) in [5.41, 5.74) is 5.92. The number of amidine groups is 1. The highest BCUT2D eigenvalue weighted by molar-refractivity contribution is 6.34. The molecule has 3 N–H and O–H groups in total. The number of nitrogens with two attached hydrogens (primary N) is 1. The summed E-state index contributed by atoms with van der Waals surface area (Å²) < 4.78 is 5.54. The Morgan fingerprint density at radius 2 is 2.19 bits per heavy atom. The summed E-state index contributed by atoms with van der Waals surface area (Å²) in [6.07, 6.45) is 0. The molecule has 0 spiro atoms. The van der Waals surface area contributed by atoms with Gasteiger partial charge >= 0.3 is 0 Å². The second-order valence-corrected chi connectivity index (χ2v) is 4.09. The van der Waals surface area contributed by atoms with E-state index in [1.165, 1.54) is 0 Å². The van der Waals surface area contributed by atoms with Crippen LogP contribution in [0.1, 0.15) is 5.56 Å². The molecule has 0 bridgehead atoms. The third kappa shape index (κ3) is 3.40. The Kier molecular flexibility index (Phi) is 4.58. The first-order chi connectivity index (χ1) is 7.52. The topological polar surface area (TPSA) is 62.3 Å². The van der Waals surface area contributed by atoms with E-state index in [2.05, 4.69) is 0 Å². The molecule has 1 aromatic carbocycles. The SMILES string of the molecule is CN(C)CCOc1cccc(Cl)c1C(=N)N. The number of nitrogen functional groups attached to an aromatic ring is 1. The molecule has 0 aliphatic rings. The molecule has 0 fully saturated rings. The molecule has 0 saturated carbocycles. The Bertz CT molecular complexity index is 379. The smallest absolute Gasteiger partial charge is 0.131 e. The molecule has 0 saturated heterocycles. The third-order valence-electron chi connectivity index (χ3n) is 2.04. The maximum atomic E-state index is 7.44. The Labute approximate surface area is 100 Å². The molecule has 5 heteroatoms. The summed E-state index contributed by atoms with van der Waals surface area (Å²) in [4.78, 5) is 2.01. The van der Waals surface area contributed by atoms with Gasteiger partial charge in [-0.15, -0.1) is 0 Å². The van der Waals surface area contributed by atoms with Crippen LogP contribution in [0.4, 0.5) is 0 Å². The van der Waals surface area contributed by atoms with Crippen LogP contribution in [0.3, 0.4) is 0 Å². The van der Waals surface area contributed by atoms with E-state index in [0.29, 0.717) is 22.9 Å². The van der Waals surface area contributed by atoms with Gasteiger partial charge in [0, 0.05) is 6.54 Å². The number of rotatable bonds is 5. The fraction of sp³-hybridized carbons (Fsp3) is 0.364. The molecule has 16 heavy (non-hydrogen) atoms. The quantitative estimate of drug-likeness (QED) is 0.608. The number of ether oxygens (including phenoxy) is 1. The van der Waals surface area contributed by atoms with Crippen molar-refractivity contribution in [3.63, 3.8) is 0 Å². The molecule has 0 atom stereocenters. The molecule has 0 unspecified atom stereocenters. The molecule has 0 aliphatic carbocycles. The molecule has 4 nitrogen and oxygen atoms in total. The maximum Gasteiger partial charge on any atom is 0.131 e.